The van der Waals surface area contributed by atoms with E-state index in [-0.39, 0.29) is 11.6 Å². The van der Waals surface area contributed by atoms with Crippen molar-refractivity contribution in [3.05, 3.63) is 65.2 Å². The standard InChI is InChI=1S/C27H29F2N5O4/c28-21-6-5-17(13-22(21)29)25-24(16-35)38-27(37)34(25)26(36)31-19-7-10-33(15-19)20-8-11-32(12-9-20)23-4-2-1-3-18(23)14-30/h1-6,13,19-20,24-25,35H,7-12,15-16H2,(H,31,36). The molecule has 3 saturated heterocycles. The van der Waals surface area contributed by atoms with E-state index in [1.54, 1.807) is 0 Å². The molecule has 3 aliphatic heterocycles. The third kappa shape index (κ3) is 5.01. The van der Waals surface area contributed by atoms with Crippen LogP contribution in [-0.4, -0.2) is 78.0 Å². The van der Waals surface area contributed by atoms with Crippen molar-refractivity contribution in [2.24, 2.45) is 0 Å². The lowest BCUT2D eigenvalue weighted by molar-refractivity contribution is 0.0827. The number of carbonyl (C=O) groups excluding carboxylic acids is 2. The second kappa shape index (κ2) is 10.9. The molecule has 200 valence electrons. The fraction of sp³-hybridized carbons (Fsp3) is 0.444. The molecule has 3 unspecified atom stereocenters. The summed E-state index contributed by atoms with van der Waals surface area (Å²) in [6, 6.07) is 11.3. The van der Waals surface area contributed by atoms with E-state index in [1.165, 1.54) is 6.07 Å². The summed E-state index contributed by atoms with van der Waals surface area (Å²) in [5.41, 5.74) is 1.77. The maximum absolute atomic E-state index is 13.9. The number of hydrogen-bond acceptors (Lipinski definition) is 7. The zero-order valence-corrected chi connectivity index (χ0v) is 20.7. The molecule has 2 aromatic carbocycles. The van der Waals surface area contributed by atoms with Gasteiger partial charge in [-0.1, -0.05) is 18.2 Å². The smallest absolute Gasteiger partial charge is 0.419 e. The van der Waals surface area contributed by atoms with Crippen molar-refractivity contribution in [2.45, 2.75) is 43.5 Å². The molecule has 2 aromatic rings. The molecule has 0 aliphatic carbocycles. The van der Waals surface area contributed by atoms with Gasteiger partial charge >= 0.3 is 12.1 Å². The Kier molecular flexibility index (Phi) is 7.44. The summed E-state index contributed by atoms with van der Waals surface area (Å²) in [5, 5.41) is 22.0. The van der Waals surface area contributed by atoms with Crippen LogP contribution in [0, 0.1) is 23.0 Å². The van der Waals surface area contributed by atoms with E-state index in [4.69, 9.17) is 4.74 Å². The molecule has 0 radical (unpaired) electrons. The van der Waals surface area contributed by atoms with E-state index >= 15 is 0 Å². The number of halogens is 2. The highest BCUT2D eigenvalue weighted by Crippen LogP contribution is 2.34. The van der Waals surface area contributed by atoms with Crippen molar-refractivity contribution in [1.82, 2.24) is 15.1 Å². The molecule has 9 nitrogen and oxygen atoms in total. The van der Waals surface area contributed by atoms with Crippen LogP contribution in [0.1, 0.15) is 36.4 Å². The van der Waals surface area contributed by atoms with Crippen molar-refractivity contribution in [3.63, 3.8) is 0 Å². The second-order valence-corrected chi connectivity index (χ2v) is 9.87. The van der Waals surface area contributed by atoms with Gasteiger partial charge in [-0.15, -0.1) is 0 Å². The second-order valence-electron chi connectivity index (χ2n) is 9.87. The molecule has 38 heavy (non-hydrogen) atoms. The summed E-state index contributed by atoms with van der Waals surface area (Å²) >= 11 is 0. The first-order valence-electron chi connectivity index (χ1n) is 12.7. The molecule has 0 saturated carbocycles. The van der Waals surface area contributed by atoms with Crippen molar-refractivity contribution in [2.75, 3.05) is 37.7 Å². The lowest BCUT2D eigenvalue weighted by atomic mass is 10.0. The summed E-state index contributed by atoms with van der Waals surface area (Å²) in [4.78, 5) is 31.1. The number of para-hydroxylation sites is 1. The van der Waals surface area contributed by atoms with Gasteiger partial charge in [0.2, 0.25) is 0 Å². The number of nitrogens with zero attached hydrogens (tertiary/aromatic N) is 4. The zero-order chi connectivity index (χ0) is 26.8. The summed E-state index contributed by atoms with van der Waals surface area (Å²) in [7, 11) is 0. The molecule has 5 rings (SSSR count). The first-order chi connectivity index (χ1) is 18.4. The maximum atomic E-state index is 13.9. The Balaban J connectivity index is 1.19. The Morgan fingerprint density at radius 1 is 1.11 bits per heavy atom. The molecule has 0 aromatic heterocycles. The Bertz CT molecular complexity index is 1250. The first kappa shape index (κ1) is 25.9. The van der Waals surface area contributed by atoms with E-state index in [0.29, 0.717) is 24.6 Å². The highest BCUT2D eigenvalue weighted by molar-refractivity contribution is 5.93. The molecule has 3 amide bonds. The molecule has 3 atom stereocenters. The van der Waals surface area contributed by atoms with Gasteiger partial charge in [-0.3, -0.25) is 4.90 Å². The predicted molar refractivity (Wildman–Crippen MR) is 133 cm³/mol. The number of urea groups is 1. The van der Waals surface area contributed by atoms with Gasteiger partial charge in [-0.25, -0.2) is 23.3 Å². The van der Waals surface area contributed by atoms with Gasteiger partial charge in [0.25, 0.3) is 0 Å². The molecule has 2 N–H and O–H groups in total. The minimum Gasteiger partial charge on any atom is -0.441 e. The largest absolute Gasteiger partial charge is 0.441 e. The molecule has 3 heterocycles. The van der Waals surface area contributed by atoms with Crippen LogP contribution in [0.3, 0.4) is 0 Å². The number of rotatable bonds is 5. The van der Waals surface area contributed by atoms with Crippen LogP contribution in [0.25, 0.3) is 0 Å². The minimum absolute atomic E-state index is 0.154. The van der Waals surface area contributed by atoms with Gasteiger partial charge in [-0.05, 0) is 49.1 Å². The normalized spacial score (nSPS) is 24.4. The molecule has 3 fully saturated rings. The van der Waals surface area contributed by atoms with E-state index in [2.05, 4.69) is 21.2 Å². The topological polar surface area (TPSA) is 109 Å². The number of benzene rings is 2. The number of piperidine rings is 1. The maximum Gasteiger partial charge on any atom is 0.419 e. The first-order valence-corrected chi connectivity index (χ1v) is 12.7. The molecule has 0 spiro atoms. The van der Waals surface area contributed by atoms with Gasteiger partial charge in [-0.2, -0.15) is 5.26 Å². The van der Waals surface area contributed by atoms with Crippen LogP contribution in [0.2, 0.25) is 0 Å². The van der Waals surface area contributed by atoms with E-state index in [1.807, 2.05) is 24.3 Å². The zero-order valence-electron chi connectivity index (χ0n) is 20.7. The number of hydrogen-bond donors (Lipinski definition) is 2. The van der Waals surface area contributed by atoms with Gasteiger partial charge in [0.1, 0.15) is 12.1 Å². The van der Waals surface area contributed by atoms with Crippen molar-refractivity contribution < 1.29 is 28.2 Å². The number of anilines is 1. The van der Waals surface area contributed by atoms with Crippen LogP contribution in [0.5, 0.6) is 0 Å². The fourth-order valence-corrected chi connectivity index (χ4v) is 5.73. The number of cyclic esters (lactones) is 1. The lowest BCUT2D eigenvalue weighted by Gasteiger charge is -2.38. The number of likely N-dealkylation sites (tertiary alicyclic amines) is 1. The van der Waals surface area contributed by atoms with Crippen LogP contribution in [0.4, 0.5) is 24.1 Å². The SMILES string of the molecule is N#Cc1ccccc1N1CCC(N2CCC(NC(=O)N3C(=O)OC(CO)C3c3ccc(F)c(F)c3)C2)CC1. The fourth-order valence-electron chi connectivity index (χ4n) is 5.73. The quantitative estimate of drug-likeness (QED) is 0.617. The van der Waals surface area contributed by atoms with Gasteiger partial charge in [0.15, 0.2) is 17.7 Å². The van der Waals surface area contributed by atoms with Crippen LogP contribution < -0.4 is 10.2 Å². The number of aliphatic hydroxyl groups is 1. The van der Waals surface area contributed by atoms with Crippen molar-refractivity contribution in [1.29, 1.82) is 5.26 Å². The van der Waals surface area contributed by atoms with E-state index < -0.39 is 42.5 Å². The van der Waals surface area contributed by atoms with Crippen LogP contribution in [-0.2, 0) is 4.74 Å². The Morgan fingerprint density at radius 2 is 1.87 bits per heavy atom. The number of nitrogens with one attached hydrogen (secondary N) is 1. The summed E-state index contributed by atoms with van der Waals surface area (Å²) in [6.07, 6.45) is 0.515. The Labute approximate surface area is 219 Å². The molecule has 3 aliphatic rings. The van der Waals surface area contributed by atoms with Crippen LogP contribution in [0.15, 0.2) is 42.5 Å². The molecule has 0 bridgehead atoms. The Hall–Kier alpha value is -3.75. The summed E-state index contributed by atoms with van der Waals surface area (Å²) < 4.78 is 32.5. The summed E-state index contributed by atoms with van der Waals surface area (Å²) in [6.45, 7) is 2.49. The molecular weight excluding hydrogens is 496 g/mol. The monoisotopic (exact) mass is 525 g/mol. The number of carbonyl (C=O) groups is 2. The third-order valence-electron chi connectivity index (χ3n) is 7.66. The Morgan fingerprint density at radius 3 is 2.58 bits per heavy atom. The van der Waals surface area contributed by atoms with Gasteiger partial charge in [0, 0.05) is 38.3 Å². The lowest BCUT2D eigenvalue weighted by Crippen LogP contribution is -2.49. The predicted octanol–water partition coefficient (Wildman–Crippen LogP) is 3.14. The summed E-state index contributed by atoms with van der Waals surface area (Å²) in [5.74, 6) is -2.17. The average molecular weight is 526 g/mol. The molecule has 11 heteroatoms. The number of nitriles is 1. The van der Waals surface area contributed by atoms with Gasteiger partial charge < -0.3 is 20.1 Å². The van der Waals surface area contributed by atoms with Gasteiger partial charge in [0.05, 0.1) is 17.9 Å². The number of aliphatic hydroxyl groups excluding tert-OH is 1. The highest BCUT2D eigenvalue weighted by Gasteiger charge is 2.47. The number of ether oxygens (including phenoxy) is 1. The molecular formula is C27H29F2N5O4. The van der Waals surface area contributed by atoms with Crippen LogP contribution >= 0.6 is 0 Å². The van der Waals surface area contributed by atoms with E-state index in [0.717, 1.165) is 55.2 Å². The highest BCUT2D eigenvalue weighted by atomic mass is 19.2. The number of amides is 3. The van der Waals surface area contributed by atoms with Crippen molar-refractivity contribution in [3.8, 4) is 6.07 Å². The number of imide groups is 1. The average Bonchev–Trinajstić information content (AvgIpc) is 3.54. The third-order valence-corrected chi connectivity index (χ3v) is 7.66. The minimum atomic E-state index is -1.12. The van der Waals surface area contributed by atoms with Crippen molar-refractivity contribution >= 4 is 17.8 Å². The van der Waals surface area contributed by atoms with E-state index in [9.17, 15) is 28.7 Å².